The van der Waals surface area contributed by atoms with Crippen LogP contribution >= 0.6 is 0 Å². The molecule has 0 radical (unpaired) electrons. The first-order valence-corrected chi connectivity index (χ1v) is 5.79. The minimum Gasteiger partial charge on any atom is -0.497 e. The van der Waals surface area contributed by atoms with Crippen LogP contribution < -0.4 is 10.5 Å². The molecule has 0 unspecified atom stereocenters. The van der Waals surface area contributed by atoms with Gasteiger partial charge in [-0.3, -0.25) is 0 Å². The van der Waals surface area contributed by atoms with Crippen LogP contribution in [-0.2, 0) is 5.41 Å². The molecule has 2 rings (SSSR count). The molecule has 17 heavy (non-hydrogen) atoms. The highest BCUT2D eigenvalue weighted by Crippen LogP contribution is 2.46. The number of halogens is 2. The van der Waals surface area contributed by atoms with Crippen LogP contribution in [0.3, 0.4) is 0 Å². The number of ether oxygens (including phenoxy) is 1. The van der Waals surface area contributed by atoms with E-state index < -0.39 is 6.43 Å². The average molecular weight is 241 g/mol. The quantitative estimate of drug-likeness (QED) is 0.879. The van der Waals surface area contributed by atoms with Gasteiger partial charge in [0.1, 0.15) is 5.75 Å². The summed E-state index contributed by atoms with van der Waals surface area (Å²) in [6.45, 7) is 0.417. The van der Waals surface area contributed by atoms with Crippen molar-refractivity contribution in [2.45, 2.75) is 31.1 Å². The lowest BCUT2D eigenvalue weighted by Crippen LogP contribution is -2.42. The molecule has 1 aliphatic rings. The van der Waals surface area contributed by atoms with Gasteiger partial charge in [0.15, 0.2) is 0 Å². The molecule has 1 fully saturated rings. The van der Waals surface area contributed by atoms with Gasteiger partial charge in [-0.05, 0) is 36.6 Å². The van der Waals surface area contributed by atoms with Crippen molar-refractivity contribution >= 4 is 0 Å². The molecule has 1 aliphatic carbocycles. The summed E-state index contributed by atoms with van der Waals surface area (Å²) in [4.78, 5) is 0. The van der Waals surface area contributed by atoms with Gasteiger partial charge in [-0.2, -0.15) is 0 Å². The molecule has 0 bridgehead atoms. The summed E-state index contributed by atoms with van der Waals surface area (Å²) >= 11 is 0. The minimum absolute atomic E-state index is 0.0935. The van der Waals surface area contributed by atoms with Crippen molar-refractivity contribution in [3.8, 4) is 5.75 Å². The Balaban J connectivity index is 2.48. The van der Waals surface area contributed by atoms with E-state index in [4.69, 9.17) is 10.5 Å². The van der Waals surface area contributed by atoms with Crippen LogP contribution in [0, 0.1) is 0 Å². The van der Waals surface area contributed by atoms with Gasteiger partial charge in [-0.25, -0.2) is 8.78 Å². The van der Waals surface area contributed by atoms with Crippen molar-refractivity contribution in [3.63, 3.8) is 0 Å². The molecule has 0 aliphatic heterocycles. The molecule has 0 atom stereocenters. The van der Waals surface area contributed by atoms with Gasteiger partial charge >= 0.3 is 0 Å². The molecule has 0 aromatic heterocycles. The molecule has 2 N–H and O–H groups in total. The van der Waals surface area contributed by atoms with E-state index in [1.807, 2.05) is 0 Å². The summed E-state index contributed by atoms with van der Waals surface area (Å²) in [6.07, 6.45) is 0.365. The molecule has 2 nitrogen and oxygen atoms in total. The fraction of sp³-hybridized carbons (Fsp3) is 0.538. The predicted octanol–water partition coefficient (Wildman–Crippen LogP) is 3.01. The van der Waals surface area contributed by atoms with Gasteiger partial charge in [0, 0.05) is 17.5 Å². The first kappa shape index (κ1) is 12.3. The fourth-order valence-electron chi connectivity index (χ4n) is 2.50. The van der Waals surface area contributed by atoms with Gasteiger partial charge in [0.25, 0.3) is 6.43 Å². The molecule has 94 valence electrons. The zero-order valence-corrected chi connectivity index (χ0v) is 9.88. The SMILES string of the molecule is COc1ccc(C(F)F)c(C2(CN)CCC2)c1. The molecule has 0 heterocycles. The standard InChI is InChI=1S/C13H17F2NO/c1-17-9-3-4-10(12(14)15)11(7-9)13(8-16)5-2-6-13/h3-4,7,12H,2,5-6,8,16H2,1H3. The van der Waals surface area contributed by atoms with Crippen molar-refractivity contribution < 1.29 is 13.5 Å². The van der Waals surface area contributed by atoms with Gasteiger partial charge in [0.05, 0.1) is 7.11 Å². The van der Waals surface area contributed by atoms with E-state index in [1.165, 1.54) is 13.2 Å². The Morgan fingerprint density at radius 3 is 2.53 bits per heavy atom. The van der Waals surface area contributed by atoms with Gasteiger partial charge in [-0.15, -0.1) is 0 Å². The second-order valence-corrected chi connectivity index (χ2v) is 4.59. The summed E-state index contributed by atoms with van der Waals surface area (Å²) in [5.74, 6) is 0.615. The van der Waals surface area contributed by atoms with Crippen molar-refractivity contribution in [2.75, 3.05) is 13.7 Å². The first-order valence-electron chi connectivity index (χ1n) is 5.79. The molecular weight excluding hydrogens is 224 g/mol. The number of hydrogen-bond acceptors (Lipinski definition) is 2. The Hall–Kier alpha value is -1.16. The lowest BCUT2D eigenvalue weighted by molar-refractivity contribution is 0.143. The van der Waals surface area contributed by atoms with Crippen molar-refractivity contribution in [2.24, 2.45) is 5.73 Å². The predicted molar refractivity (Wildman–Crippen MR) is 62.5 cm³/mol. The van der Waals surface area contributed by atoms with Crippen LogP contribution in [0.25, 0.3) is 0 Å². The van der Waals surface area contributed by atoms with Crippen molar-refractivity contribution in [1.29, 1.82) is 0 Å². The second kappa shape index (κ2) is 4.61. The van der Waals surface area contributed by atoms with Crippen LogP contribution in [0.5, 0.6) is 5.75 Å². The average Bonchev–Trinajstić information content (AvgIpc) is 2.28. The highest BCUT2D eigenvalue weighted by atomic mass is 19.3. The monoisotopic (exact) mass is 241 g/mol. The maximum atomic E-state index is 13.0. The largest absolute Gasteiger partial charge is 0.497 e. The Labute approximate surface area is 99.8 Å². The molecule has 0 spiro atoms. The Morgan fingerprint density at radius 1 is 1.41 bits per heavy atom. The van der Waals surface area contributed by atoms with Gasteiger partial charge in [0.2, 0.25) is 0 Å². The highest BCUT2D eigenvalue weighted by molar-refractivity contribution is 5.43. The molecule has 0 amide bonds. The topological polar surface area (TPSA) is 35.2 Å². The van der Waals surface area contributed by atoms with E-state index in [2.05, 4.69) is 0 Å². The Kier molecular flexibility index (Phi) is 3.33. The maximum Gasteiger partial charge on any atom is 0.264 e. The summed E-state index contributed by atoms with van der Waals surface area (Å²) in [7, 11) is 1.54. The van der Waals surface area contributed by atoms with Crippen LogP contribution in [0.4, 0.5) is 8.78 Å². The third-order valence-electron chi connectivity index (χ3n) is 3.77. The van der Waals surface area contributed by atoms with Crippen LogP contribution in [0.15, 0.2) is 18.2 Å². The van der Waals surface area contributed by atoms with E-state index in [0.717, 1.165) is 19.3 Å². The number of rotatable bonds is 4. The summed E-state index contributed by atoms with van der Waals surface area (Å²) in [5.41, 5.74) is 6.27. The van der Waals surface area contributed by atoms with E-state index in [0.29, 0.717) is 17.9 Å². The van der Waals surface area contributed by atoms with E-state index in [1.54, 1.807) is 12.1 Å². The molecule has 4 heteroatoms. The molecule has 1 aromatic carbocycles. The van der Waals surface area contributed by atoms with Crippen molar-refractivity contribution in [3.05, 3.63) is 29.3 Å². The third kappa shape index (κ3) is 2.02. The van der Waals surface area contributed by atoms with E-state index in [-0.39, 0.29) is 11.0 Å². The van der Waals surface area contributed by atoms with Crippen LogP contribution in [0.1, 0.15) is 36.8 Å². The second-order valence-electron chi connectivity index (χ2n) is 4.59. The Bertz CT molecular complexity index is 397. The van der Waals surface area contributed by atoms with Crippen LogP contribution in [0.2, 0.25) is 0 Å². The smallest absolute Gasteiger partial charge is 0.264 e. The van der Waals surface area contributed by atoms with E-state index in [9.17, 15) is 8.78 Å². The number of nitrogens with two attached hydrogens (primary N) is 1. The van der Waals surface area contributed by atoms with E-state index >= 15 is 0 Å². The zero-order valence-electron chi connectivity index (χ0n) is 9.88. The Morgan fingerprint density at radius 2 is 2.12 bits per heavy atom. The summed E-state index contributed by atoms with van der Waals surface area (Å²) < 4.78 is 31.1. The summed E-state index contributed by atoms with van der Waals surface area (Å²) in [5, 5.41) is 0. The third-order valence-corrected chi connectivity index (χ3v) is 3.77. The molecule has 1 aromatic rings. The lowest BCUT2D eigenvalue weighted by Gasteiger charge is -2.42. The van der Waals surface area contributed by atoms with Gasteiger partial charge < -0.3 is 10.5 Å². The lowest BCUT2D eigenvalue weighted by atomic mass is 9.63. The highest BCUT2D eigenvalue weighted by Gasteiger charge is 2.40. The summed E-state index contributed by atoms with van der Waals surface area (Å²) in [6, 6.07) is 4.75. The first-order chi connectivity index (χ1) is 8.13. The number of alkyl halides is 2. The number of benzene rings is 1. The normalized spacial score (nSPS) is 17.9. The van der Waals surface area contributed by atoms with Crippen LogP contribution in [-0.4, -0.2) is 13.7 Å². The maximum absolute atomic E-state index is 13.0. The van der Waals surface area contributed by atoms with Gasteiger partial charge in [-0.1, -0.05) is 6.42 Å². The number of methoxy groups -OCH3 is 1. The number of hydrogen-bond donors (Lipinski definition) is 1. The molecule has 1 saturated carbocycles. The minimum atomic E-state index is -2.46. The van der Waals surface area contributed by atoms with Crippen molar-refractivity contribution in [1.82, 2.24) is 0 Å². The fourth-order valence-corrected chi connectivity index (χ4v) is 2.50. The molecule has 0 saturated heterocycles. The molecular formula is C13H17F2NO. The zero-order chi connectivity index (χ0) is 12.5.